The van der Waals surface area contributed by atoms with Crippen molar-refractivity contribution in [3.8, 4) is 28.3 Å². The highest BCUT2D eigenvalue weighted by molar-refractivity contribution is 5.69. The van der Waals surface area contributed by atoms with Gasteiger partial charge in [-0.25, -0.2) is 40.7 Å². The highest BCUT2D eigenvalue weighted by Crippen LogP contribution is 2.30. The molecule has 0 fully saturated rings. The van der Waals surface area contributed by atoms with Crippen LogP contribution in [0.25, 0.3) is 28.3 Å². The molecular weight excluding hydrogens is 525 g/mol. The molecule has 10 heteroatoms. The molecular formula is C29H21F7N2O. The molecule has 39 heavy (non-hydrogen) atoms. The van der Waals surface area contributed by atoms with E-state index in [2.05, 4.69) is 14.7 Å². The fraction of sp³-hybridized carbons (Fsp3) is 0.172. The first-order valence-electron chi connectivity index (χ1n) is 11.8. The summed E-state index contributed by atoms with van der Waals surface area (Å²) in [4.78, 5) is 8.11. The molecule has 0 bridgehead atoms. The van der Waals surface area contributed by atoms with Crippen LogP contribution < -0.4 is 4.74 Å². The molecule has 4 rings (SSSR count). The van der Waals surface area contributed by atoms with Crippen molar-refractivity contribution in [2.24, 2.45) is 0 Å². The highest BCUT2D eigenvalue weighted by atomic mass is 19.2. The molecule has 202 valence electrons. The zero-order valence-electron chi connectivity index (χ0n) is 20.6. The van der Waals surface area contributed by atoms with Crippen LogP contribution in [0.4, 0.5) is 30.7 Å². The minimum Gasteiger partial charge on any atom is -0.457 e. The van der Waals surface area contributed by atoms with E-state index in [1.807, 2.05) is 0 Å². The maximum Gasteiger partial charge on any atom is 0.228 e. The predicted octanol–water partition coefficient (Wildman–Crippen LogP) is 8.48. The largest absolute Gasteiger partial charge is 0.457 e. The Morgan fingerprint density at radius 3 is 1.85 bits per heavy atom. The summed E-state index contributed by atoms with van der Waals surface area (Å²) in [7, 11) is 0. The van der Waals surface area contributed by atoms with Crippen LogP contribution in [0, 0.1) is 23.3 Å². The summed E-state index contributed by atoms with van der Waals surface area (Å²) in [5, 5.41) is 0. The van der Waals surface area contributed by atoms with Crippen LogP contribution in [0.1, 0.15) is 30.0 Å². The third-order valence-electron chi connectivity index (χ3n) is 5.99. The van der Waals surface area contributed by atoms with Gasteiger partial charge in [0.2, 0.25) is 6.86 Å². The second-order valence-electron chi connectivity index (χ2n) is 8.51. The van der Waals surface area contributed by atoms with Gasteiger partial charge in [-0.05, 0) is 60.2 Å². The first-order chi connectivity index (χ1) is 18.7. The summed E-state index contributed by atoms with van der Waals surface area (Å²) < 4.78 is 102. The maximum atomic E-state index is 14.8. The van der Waals surface area contributed by atoms with Gasteiger partial charge >= 0.3 is 0 Å². The summed E-state index contributed by atoms with van der Waals surface area (Å²) in [6, 6.07) is 9.69. The van der Waals surface area contributed by atoms with Crippen molar-refractivity contribution in [3.63, 3.8) is 0 Å². The maximum absolute atomic E-state index is 14.8. The quantitative estimate of drug-likeness (QED) is 0.198. The summed E-state index contributed by atoms with van der Waals surface area (Å²) in [6.07, 6.45) is 2.79. The van der Waals surface area contributed by atoms with E-state index in [4.69, 9.17) is 0 Å². The van der Waals surface area contributed by atoms with E-state index in [1.165, 1.54) is 43.6 Å². The van der Waals surface area contributed by atoms with Crippen molar-refractivity contribution in [2.75, 3.05) is 6.86 Å². The van der Waals surface area contributed by atoms with Gasteiger partial charge in [0.15, 0.2) is 29.0 Å². The summed E-state index contributed by atoms with van der Waals surface area (Å²) in [6.45, 7) is 0.0899. The van der Waals surface area contributed by atoms with Gasteiger partial charge in [-0.1, -0.05) is 31.2 Å². The van der Waals surface area contributed by atoms with E-state index in [-0.39, 0.29) is 47.3 Å². The van der Waals surface area contributed by atoms with Crippen LogP contribution in [-0.4, -0.2) is 16.8 Å². The lowest BCUT2D eigenvalue weighted by Crippen LogP contribution is -2.02. The molecule has 0 spiro atoms. The normalized spacial score (nSPS) is 11.9. The molecule has 0 amide bonds. The molecule has 3 nitrogen and oxygen atoms in total. The van der Waals surface area contributed by atoms with Gasteiger partial charge in [0.05, 0.1) is 0 Å². The Labute approximate surface area is 219 Å². The second kappa shape index (κ2) is 12.1. The predicted molar refractivity (Wildman–Crippen MR) is 133 cm³/mol. The minimum atomic E-state index is -1.39. The third kappa shape index (κ3) is 6.27. The van der Waals surface area contributed by atoms with E-state index in [1.54, 1.807) is 0 Å². The summed E-state index contributed by atoms with van der Waals surface area (Å²) in [5.74, 6) is -6.51. The molecule has 0 aliphatic carbocycles. The Morgan fingerprint density at radius 2 is 1.31 bits per heavy atom. The molecule has 4 aromatic rings. The first-order valence-corrected chi connectivity index (χ1v) is 11.8. The van der Waals surface area contributed by atoms with Crippen LogP contribution in [0.5, 0.6) is 5.75 Å². The Kier molecular flexibility index (Phi) is 8.63. The fourth-order valence-electron chi connectivity index (χ4n) is 3.91. The molecule has 1 aromatic heterocycles. The van der Waals surface area contributed by atoms with E-state index < -0.39 is 47.5 Å². The number of allylic oxidation sites excluding steroid dienone is 1. The van der Waals surface area contributed by atoms with Crippen LogP contribution in [0.2, 0.25) is 0 Å². The number of halogens is 7. The highest BCUT2D eigenvalue weighted by Gasteiger charge is 2.16. The van der Waals surface area contributed by atoms with Gasteiger partial charge in [0.25, 0.3) is 0 Å². The zero-order valence-corrected chi connectivity index (χ0v) is 20.6. The number of hydrogen-bond donors (Lipinski definition) is 0. The number of rotatable bonds is 9. The number of ether oxygens (including phenoxy) is 1. The smallest absolute Gasteiger partial charge is 0.228 e. The number of nitrogens with zero attached hydrogens (tertiary/aromatic N) is 2. The monoisotopic (exact) mass is 546 g/mol. The van der Waals surface area contributed by atoms with Gasteiger partial charge in [-0.2, -0.15) is 0 Å². The number of hydrogen-bond acceptors (Lipinski definition) is 3. The Hall–Kier alpha value is -4.21. The third-order valence-corrected chi connectivity index (χ3v) is 5.99. The van der Waals surface area contributed by atoms with Crippen molar-refractivity contribution in [1.82, 2.24) is 9.97 Å². The second-order valence-corrected chi connectivity index (χ2v) is 8.51. The lowest BCUT2D eigenvalue weighted by molar-refractivity contribution is 0.176. The van der Waals surface area contributed by atoms with Crippen molar-refractivity contribution in [3.05, 3.63) is 107 Å². The van der Waals surface area contributed by atoms with Crippen molar-refractivity contribution in [2.45, 2.75) is 26.2 Å². The molecule has 0 aliphatic heterocycles. The molecule has 0 N–H and O–H groups in total. The van der Waals surface area contributed by atoms with E-state index in [9.17, 15) is 30.7 Å². The first kappa shape index (κ1) is 27.8. The molecule has 0 aliphatic rings. The number of alkyl halides is 1. The molecule has 0 saturated heterocycles. The number of aryl methyl sites for hydroxylation is 1. The molecule has 0 radical (unpaired) electrons. The Morgan fingerprint density at radius 1 is 0.744 bits per heavy atom. The molecule has 0 unspecified atom stereocenters. The number of benzene rings is 3. The van der Waals surface area contributed by atoms with Gasteiger partial charge < -0.3 is 4.74 Å². The van der Waals surface area contributed by atoms with Crippen LogP contribution >= 0.6 is 0 Å². The molecule has 0 atom stereocenters. The average Bonchev–Trinajstić information content (AvgIpc) is 2.94. The lowest BCUT2D eigenvalue weighted by atomic mass is 9.98. The molecule has 3 aromatic carbocycles. The van der Waals surface area contributed by atoms with E-state index in [0.717, 1.165) is 24.3 Å². The van der Waals surface area contributed by atoms with Crippen LogP contribution in [0.3, 0.4) is 0 Å². The average molecular weight is 546 g/mol. The van der Waals surface area contributed by atoms with Crippen molar-refractivity contribution >= 4 is 5.83 Å². The number of aromatic nitrogens is 2. The van der Waals surface area contributed by atoms with E-state index in [0.29, 0.717) is 11.1 Å². The molecule has 0 saturated carbocycles. The zero-order chi connectivity index (χ0) is 28.1. The van der Waals surface area contributed by atoms with Gasteiger partial charge in [-0.3, -0.25) is 0 Å². The van der Waals surface area contributed by atoms with Gasteiger partial charge in [0.1, 0.15) is 17.5 Å². The van der Waals surface area contributed by atoms with Gasteiger partial charge in [0, 0.05) is 29.1 Å². The van der Waals surface area contributed by atoms with Crippen molar-refractivity contribution in [1.29, 1.82) is 0 Å². The lowest BCUT2D eigenvalue weighted by Gasteiger charge is -2.10. The SMILES string of the molecule is CCC(F)=C(F)c1ccc(-c2cc(F)c(CCc3cnc(-c4cc(F)c(OCF)c(F)c4)nc3)c(F)c2)cc1. The van der Waals surface area contributed by atoms with Crippen LogP contribution in [0.15, 0.2) is 66.8 Å². The minimum absolute atomic E-state index is 0.00210. The summed E-state index contributed by atoms with van der Waals surface area (Å²) in [5.41, 5.74) is 1.04. The van der Waals surface area contributed by atoms with Gasteiger partial charge in [-0.15, -0.1) is 0 Å². The summed E-state index contributed by atoms with van der Waals surface area (Å²) >= 11 is 0. The van der Waals surface area contributed by atoms with Crippen LogP contribution in [-0.2, 0) is 12.8 Å². The Balaban J connectivity index is 1.47. The van der Waals surface area contributed by atoms with E-state index >= 15 is 0 Å². The Bertz CT molecular complexity index is 1460. The topological polar surface area (TPSA) is 35.0 Å². The molecule has 1 heterocycles. The van der Waals surface area contributed by atoms with Crippen molar-refractivity contribution < 1.29 is 35.5 Å². The fourth-order valence-corrected chi connectivity index (χ4v) is 3.91. The standard InChI is InChI=1S/C29H21F7N2O/c1-2-22(31)27(36)18-6-4-17(5-7-18)19-9-23(32)21(24(33)10-19)8-3-16-13-37-29(38-14-16)20-11-25(34)28(39-15-30)26(35)12-20/h4-7,9-14H,2-3,8,15H2,1H3.